The summed E-state index contributed by atoms with van der Waals surface area (Å²) in [4.78, 5) is 0.0762. The van der Waals surface area contributed by atoms with Crippen molar-refractivity contribution in [2.24, 2.45) is 0 Å². The molecule has 0 saturated heterocycles. The molecule has 1 N–H and O–H groups in total. The molecule has 4 aromatic rings. The third kappa shape index (κ3) is 3.79. The molecule has 6 nitrogen and oxygen atoms in total. The van der Waals surface area contributed by atoms with E-state index in [2.05, 4.69) is 14.9 Å². The van der Waals surface area contributed by atoms with Gasteiger partial charge in [0.1, 0.15) is 11.6 Å². The van der Waals surface area contributed by atoms with Crippen LogP contribution in [-0.4, -0.2) is 23.2 Å². The van der Waals surface area contributed by atoms with Crippen LogP contribution in [0.2, 0.25) is 0 Å². The van der Waals surface area contributed by atoms with Crippen LogP contribution in [0.4, 0.5) is 10.1 Å². The molecular formula is C23H21FN4O2S. The molecule has 0 spiro atoms. The van der Waals surface area contributed by atoms with Gasteiger partial charge in [0.2, 0.25) is 0 Å². The molecule has 0 bridgehead atoms. The number of nitrogens with zero attached hydrogens (tertiary/aromatic N) is 3. The van der Waals surface area contributed by atoms with Crippen molar-refractivity contribution >= 4 is 26.5 Å². The molecule has 2 heterocycles. The van der Waals surface area contributed by atoms with Gasteiger partial charge in [-0.05, 0) is 53.9 Å². The van der Waals surface area contributed by atoms with E-state index in [4.69, 9.17) is 0 Å². The Morgan fingerprint density at radius 1 is 0.903 bits per heavy atom. The van der Waals surface area contributed by atoms with Crippen molar-refractivity contribution in [1.29, 1.82) is 0 Å². The maximum Gasteiger partial charge on any atom is 0.262 e. The van der Waals surface area contributed by atoms with Crippen LogP contribution in [0.3, 0.4) is 0 Å². The summed E-state index contributed by atoms with van der Waals surface area (Å²) in [5.74, 6) is 0.891. The number of halogens is 1. The molecule has 0 fully saturated rings. The van der Waals surface area contributed by atoms with Gasteiger partial charge in [-0.15, -0.1) is 10.2 Å². The SMILES string of the molecule is O=S(=O)(Nc1cc(-c2nnc3n2CCCCC3)ccc1F)c1ccc2ccccc2c1. The lowest BCUT2D eigenvalue weighted by molar-refractivity contribution is 0.598. The lowest BCUT2D eigenvalue weighted by Gasteiger charge is -2.12. The van der Waals surface area contributed by atoms with Gasteiger partial charge in [-0.3, -0.25) is 4.72 Å². The Hall–Kier alpha value is -3.26. The normalized spacial score (nSPS) is 14.2. The van der Waals surface area contributed by atoms with Crippen molar-refractivity contribution in [1.82, 2.24) is 14.8 Å². The standard InChI is InChI=1S/C23H21FN4O2S/c24-20-12-10-18(23-26-25-22-8-2-1-5-13-28(22)23)15-21(20)27-31(29,30)19-11-9-16-6-3-4-7-17(16)14-19/h3-4,6-7,9-12,14-15,27H,1-2,5,8,13H2. The molecule has 0 radical (unpaired) electrons. The molecular weight excluding hydrogens is 415 g/mol. The molecule has 1 aromatic heterocycles. The summed E-state index contributed by atoms with van der Waals surface area (Å²) in [6.07, 6.45) is 4.08. The number of fused-ring (bicyclic) bond motifs is 2. The van der Waals surface area contributed by atoms with Gasteiger partial charge in [0.05, 0.1) is 10.6 Å². The number of nitrogens with one attached hydrogen (secondary N) is 1. The molecule has 1 aliphatic rings. The van der Waals surface area contributed by atoms with Gasteiger partial charge < -0.3 is 4.57 Å². The second kappa shape index (κ2) is 7.77. The molecule has 0 aliphatic carbocycles. The first-order valence-corrected chi connectivity index (χ1v) is 11.7. The van der Waals surface area contributed by atoms with E-state index in [1.807, 2.05) is 28.8 Å². The molecule has 158 valence electrons. The van der Waals surface area contributed by atoms with Gasteiger partial charge in [0.15, 0.2) is 5.82 Å². The van der Waals surface area contributed by atoms with Crippen LogP contribution >= 0.6 is 0 Å². The van der Waals surface area contributed by atoms with E-state index in [0.29, 0.717) is 11.4 Å². The Labute approximate surface area is 179 Å². The Balaban J connectivity index is 1.50. The third-order valence-electron chi connectivity index (χ3n) is 5.61. The molecule has 5 rings (SSSR count). The molecule has 0 atom stereocenters. The minimum absolute atomic E-state index is 0.0762. The van der Waals surface area contributed by atoms with Crippen molar-refractivity contribution in [2.75, 3.05) is 4.72 Å². The lowest BCUT2D eigenvalue weighted by Crippen LogP contribution is -2.14. The first-order chi connectivity index (χ1) is 15.0. The number of aryl methyl sites for hydroxylation is 1. The number of aromatic nitrogens is 3. The van der Waals surface area contributed by atoms with E-state index in [0.717, 1.165) is 48.8 Å². The quantitative estimate of drug-likeness (QED) is 0.500. The molecule has 31 heavy (non-hydrogen) atoms. The van der Waals surface area contributed by atoms with Gasteiger partial charge in [-0.2, -0.15) is 0 Å². The number of benzene rings is 3. The lowest BCUT2D eigenvalue weighted by atomic mass is 10.1. The summed E-state index contributed by atoms with van der Waals surface area (Å²) >= 11 is 0. The second-order valence-corrected chi connectivity index (χ2v) is 9.39. The van der Waals surface area contributed by atoms with Crippen LogP contribution in [0.1, 0.15) is 25.1 Å². The maximum absolute atomic E-state index is 14.5. The maximum atomic E-state index is 14.5. The first-order valence-electron chi connectivity index (χ1n) is 10.2. The highest BCUT2D eigenvalue weighted by molar-refractivity contribution is 7.92. The molecule has 0 amide bonds. The summed E-state index contributed by atoms with van der Waals surface area (Å²) in [7, 11) is -3.97. The highest BCUT2D eigenvalue weighted by Gasteiger charge is 2.20. The van der Waals surface area contributed by atoms with E-state index in [9.17, 15) is 12.8 Å². The van der Waals surface area contributed by atoms with E-state index >= 15 is 0 Å². The van der Waals surface area contributed by atoms with Crippen LogP contribution in [0.5, 0.6) is 0 Å². The Kier molecular flexibility index (Phi) is 4.94. The number of hydrogen-bond acceptors (Lipinski definition) is 4. The molecule has 0 saturated carbocycles. The Bertz CT molecular complexity index is 1380. The zero-order chi connectivity index (χ0) is 21.4. The van der Waals surface area contributed by atoms with Crippen LogP contribution in [0.25, 0.3) is 22.2 Å². The topological polar surface area (TPSA) is 76.9 Å². The first kappa shape index (κ1) is 19.7. The highest BCUT2D eigenvalue weighted by atomic mass is 32.2. The van der Waals surface area contributed by atoms with E-state index in [1.54, 1.807) is 18.2 Å². The molecule has 8 heteroatoms. The molecule has 1 aliphatic heterocycles. The van der Waals surface area contributed by atoms with Gasteiger partial charge in [0.25, 0.3) is 10.0 Å². The third-order valence-corrected chi connectivity index (χ3v) is 6.97. The van der Waals surface area contributed by atoms with Crippen LogP contribution in [-0.2, 0) is 23.0 Å². The fourth-order valence-electron chi connectivity index (χ4n) is 3.98. The van der Waals surface area contributed by atoms with Crippen LogP contribution in [0, 0.1) is 5.82 Å². The van der Waals surface area contributed by atoms with Crippen molar-refractivity contribution in [3.05, 3.63) is 72.3 Å². The number of hydrogen-bond donors (Lipinski definition) is 1. The van der Waals surface area contributed by atoms with E-state index in [1.165, 1.54) is 18.2 Å². The van der Waals surface area contributed by atoms with Crippen molar-refractivity contribution in [3.8, 4) is 11.4 Å². The average molecular weight is 437 g/mol. The van der Waals surface area contributed by atoms with Gasteiger partial charge in [0, 0.05) is 18.5 Å². The zero-order valence-electron chi connectivity index (χ0n) is 16.8. The summed E-state index contributed by atoms with van der Waals surface area (Å²) in [6, 6.07) is 16.7. The van der Waals surface area contributed by atoms with Crippen molar-refractivity contribution in [2.45, 2.75) is 37.1 Å². The fourth-order valence-corrected chi connectivity index (χ4v) is 5.07. The summed E-state index contributed by atoms with van der Waals surface area (Å²) in [6.45, 7) is 0.799. The summed E-state index contributed by atoms with van der Waals surface area (Å²) in [5.41, 5.74) is 0.509. The van der Waals surface area contributed by atoms with Gasteiger partial charge in [-0.25, -0.2) is 12.8 Å². The van der Waals surface area contributed by atoms with Gasteiger partial charge in [-0.1, -0.05) is 36.8 Å². The Morgan fingerprint density at radius 2 is 1.74 bits per heavy atom. The van der Waals surface area contributed by atoms with Crippen LogP contribution in [0.15, 0.2) is 65.6 Å². The summed E-state index contributed by atoms with van der Waals surface area (Å²) in [5, 5.41) is 10.3. The fraction of sp³-hybridized carbons (Fsp3) is 0.217. The Morgan fingerprint density at radius 3 is 2.61 bits per heavy atom. The van der Waals surface area contributed by atoms with Gasteiger partial charge >= 0.3 is 0 Å². The summed E-state index contributed by atoms with van der Waals surface area (Å²) < 4.78 is 44.9. The average Bonchev–Trinajstić information content (AvgIpc) is 3.03. The minimum Gasteiger partial charge on any atom is -0.311 e. The largest absolute Gasteiger partial charge is 0.311 e. The van der Waals surface area contributed by atoms with E-state index in [-0.39, 0.29) is 10.6 Å². The number of anilines is 1. The number of sulfonamides is 1. The smallest absolute Gasteiger partial charge is 0.262 e. The number of rotatable bonds is 4. The predicted molar refractivity (Wildman–Crippen MR) is 118 cm³/mol. The monoisotopic (exact) mass is 436 g/mol. The minimum atomic E-state index is -3.97. The predicted octanol–water partition coefficient (Wildman–Crippen LogP) is 4.76. The second-order valence-electron chi connectivity index (χ2n) is 7.71. The molecule has 3 aromatic carbocycles. The van der Waals surface area contributed by atoms with Crippen molar-refractivity contribution < 1.29 is 12.8 Å². The highest BCUT2D eigenvalue weighted by Crippen LogP contribution is 2.28. The molecule has 0 unspecified atom stereocenters. The van der Waals surface area contributed by atoms with Crippen molar-refractivity contribution in [3.63, 3.8) is 0 Å². The van der Waals surface area contributed by atoms with E-state index < -0.39 is 15.8 Å². The zero-order valence-corrected chi connectivity index (χ0v) is 17.6. The van der Waals surface area contributed by atoms with Crippen LogP contribution < -0.4 is 4.72 Å².